The van der Waals surface area contributed by atoms with Crippen LogP contribution in [0.5, 0.6) is 0 Å². The van der Waals surface area contributed by atoms with E-state index in [4.69, 9.17) is 0 Å². The monoisotopic (exact) mass is 338 g/mol. The molecule has 0 aliphatic carbocycles. The Kier molecular flexibility index (Phi) is 4.86. The van der Waals surface area contributed by atoms with Crippen LogP contribution in [0.15, 0.2) is 30.6 Å². The summed E-state index contributed by atoms with van der Waals surface area (Å²) in [6, 6.07) is 7.23. The van der Waals surface area contributed by atoms with E-state index in [-0.39, 0.29) is 11.8 Å². The fourth-order valence-corrected chi connectivity index (χ4v) is 2.93. The van der Waals surface area contributed by atoms with E-state index < -0.39 is 5.60 Å². The summed E-state index contributed by atoms with van der Waals surface area (Å²) in [4.78, 5) is 18.9. The molecule has 0 bridgehead atoms. The van der Waals surface area contributed by atoms with Crippen molar-refractivity contribution in [2.45, 2.75) is 38.2 Å². The van der Waals surface area contributed by atoms with Gasteiger partial charge >= 0.3 is 0 Å². The van der Waals surface area contributed by atoms with E-state index in [0.29, 0.717) is 12.1 Å². The summed E-state index contributed by atoms with van der Waals surface area (Å²) in [5, 5.41) is 16.5. The van der Waals surface area contributed by atoms with Crippen LogP contribution in [0, 0.1) is 11.8 Å². The average Bonchev–Trinajstić information content (AvgIpc) is 3.14. The molecule has 2 N–H and O–H groups in total. The molecule has 2 heterocycles. The summed E-state index contributed by atoms with van der Waals surface area (Å²) < 4.78 is 0. The maximum Gasteiger partial charge on any atom is 0.253 e. The highest BCUT2D eigenvalue weighted by atomic mass is 16.3. The highest BCUT2D eigenvalue weighted by Crippen LogP contribution is 2.25. The molecule has 1 amide bonds. The first kappa shape index (κ1) is 17.2. The molecule has 1 aromatic carbocycles. The third-order valence-corrected chi connectivity index (χ3v) is 4.15. The number of H-pyrrole nitrogens is 1. The Morgan fingerprint density at radius 1 is 1.44 bits per heavy atom. The summed E-state index contributed by atoms with van der Waals surface area (Å²) in [6.45, 7) is 4.63. The van der Waals surface area contributed by atoms with Gasteiger partial charge in [-0.2, -0.15) is 5.10 Å². The van der Waals surface area contributed by atoms with Gasteiger partial charge in [0.05, 0.1) is 0 Å². The van der Waals surface area contributed by atoms with Crippen LogP contribution in [0.4, 0.5) is 0 Å². The number of benzene rings is 1. The van der Waals surface area contributed by atoms with Gasteiger partial charge in [0.25, 0.3) is 5.91 Å². The first-order valence-corrected chi connectivity index (χ1v) is 8.42. The van der Waals surface area contributed by atoms with E-state index in [9.17, 15) is 9.90 Å². The second kappa shape index (κ2) is 7.08. The Bertz CT molecular complexity index is 797. The number of amides is 1. The minimum absolute atomic E-state index is 0.00359. The quantitative estimate of drug-likeness (QED) is 0.820. The number of likely N-dealkylation sites (tertiary alicyclic amines) is 1. The van der Waals surface area contributed by atoms with Gasteiger partial charge < -0.3 is 10.0 Å². The molecule has 0 saturated carbocycles. The van der Waals surface area contributed by atoms with E-state index in [0.717, 1.165) is 30.8 Å². The fraction of sp³-hybridized carbons (Fsp3) is 0.421. The topological polar surface area (TPSA) is 82.1 Å². The lowest BCUT2D eigenvalue weighted by Gasteiger charge is -2.31. The minimum Gasteiger partial charge on any atom is -0.378 e. The number of carbonyl (C=O) groups is 1. The zero-order valence-corrected chi connectivity index (χ0v) is 14.5. The molecule has 0 unspecified atom stereocenters. The third kappa shape index (κ3) is 4.46. The summed E-state index contributed by atoms with van der Waals surface area (Å²) in [5.41, 5.74) is 0.273. The summed E-state index contributed by atoms with van der Waals surface area (Å²) in [5.74, 6) is 6.72. The Labute approximate surface area is 147 Å². The van der Waals surface area contributed by atoms with Crippen molar-refractivity contribution in [3.05, 3.63) is 47.5 Å². The first-order chi connectivity index (χ1) is 11.9. The van der Waals surface area contributed by atoms with E-state index in [1.807, 2.05) is 17.0 Å². The lowest BCUT2D eigenvalue weighted by Crippen LogP contribution is -2.39. The van der Waals surface area contributed by atoms with Gasteiger partial charge in [0.1, 0.15) is 17.8 Å². The Hall–Kier alpha value is -2.65. The molecule has 3 rings (SSSR count). The number of hydrogen-bond donors (Lipinski definition) is 2. The number of hydrogen-bond acceptors (Lipinski definition) is 4. The molecule has 6 heteroatoms. The molecule has 1 aliphatic heterocycles. The van der Waals surface area contributed by atoms with Gasteiger partial charge in [-0.3, -0.25) is 9.89 Å². The van der Waals surface area contributed by atoms with E-state index in [1.165, 1.54) is 6.33 Å². The number of aromatic amines is 1. The Morgan fingerprint density at radius 3 is 3.00 bits per heavy atom. The second-order valence-electron chi connectivity index (χ2n) is 6.85. The van der Waals surface area contributed by atoms with Crippen LogP contribution < -0.4 is 0 Å². The predicted octanol–water partition coefficient (Wildman–Crippen LogP) is 1.95. The summed E-state index contributed by atoms with van der Waals surface area (Å²) in [7, 11) is 0. The van der Waals surface area contributed by atoms with Crippen molar-refractivity contribution < 1.29 is 9.90 Å². The lowest BCUT2D eigenvalue weighted by atomic mass is 9.96. The highest BCUT2D eigenvalue weighted by molar-refractivity contribution is 5.94. The molecule has 2 aromatic rings. The Morgan fingerprint density at radius 2 is 2.28 bits per heavy atom. The number of aliphatic hydroxyl groups is 1. The Balaban J connectivity index is 1.75. The van der Waals surface area contributed by atoms with Crippen LogP contribution in [-0.4, -0.2) is 49.8 Å². The predicted molar refractivity (Wildman–Crippen MR) is 93.9 cm³/mol. The fourth-order valence-electron chi connectivity index (χ4n) is 2.93. The van der Waals surface area contributed by atoms with Gasteiger partial charge in [-0.25, -0.2) is 4.98 Å². The van der Waals surface area contributed by atoms with Crippen molar-refractivity contribution in [1.29, 1.82) is 0 Å². The first-order valence-electron chi connectivity index (χ1n) is 8.42. The molecule has 130 valence electrons. The van der Waals surface area contributed by atoms with Gasteiger partial charge in [0.2, 0.25) is 0 Å². The smallest absolute Gasteiger partial charge is 0.253 e. The molecule has 1 fully saturated rings. The van der Waals surface area contributed by atoms with Crippen molar-refractivity contribution in [3.63, 3.8) is 0 Å². The van der Waals surface area contributed by atoms with Crippen LogP contribution in [0.25, 0.3) is 0 Å². The van der Waals surface area contributed by atoms with Crippen LogP contribution >= 0.6 is 0 Å². The number of carbonyl (C=O) groups excluding carboxylic acids is 1. The molecule has 1 atom stereocenters. The van der Waals surface area contributed by atoms with E-state index >= 15 is 0 Å². The zero-order valence-electron chi connectivity index (χ0n) is 14.5. The van der Waals surface area contributed by atoms with Crippen molar-refractivity contribution >= 4 is 5.91 Å². The lowest BCUT2D eigenvalue weighted by molar-refractivity contribution is 0.0704. The van der Waals surface area contributed by atoms with Crippen molar-refractivity contribution in [2.75, 3.05) is 13.1 Å². The normalized spacial score (nSPS) is 17.7. The average molecular weight is 338 g/mol. The van der Waals surface area contributed by atoms with Crippen LogP contribution in [0.3, 0.4) is 0 Å². The van der Waals surface area contributed by atoms with Gasteiger partial charge in [-0.1, -0.05) is 17.9 Å². The number of rotatable bonds is 2. The van der Waals surface area contributed by atoms with E-state index in [2.05, 4.69) is 27.0 Å². The van der Waals surface area contributed by atoms with Crippen LogP contribution in [-0.2, 0) is 0 Å². The maximum atomic E-state index is 12.9. The van der Waals surface area contributed by atoms with Crippen LogP contribution in [0.2, 0.25) is 0 Å². The highest BCUT2D eigenvalue weighted by Gasteiger charge is 2.27. The molecule has 1 aromatic heterocycles. The molecule has 25 heavy (non-hydrogen) atoms. The molecule has 0 spiro atoms. The number of nitrogens with zero attached hydrogens (tertiary/aromatic N) is 3. The number of piperidine rings is 1. The SMILES string of the molecule is CC(C)(O)C#Cc1cccc(C(=O)N2CCC[C@@H](c3ncn[nH]3)C2)c1. The molecule has 1 aliphatic rings. The largest absolute Gasteiger partial charge is 0.378 e. The van der Waals surface area contributed by atoms with Gasteiger partial charge in [0.15, 0.2) is 0 Å². The number of nitrogens with one attached hydrogen (secondary N) is 1. The summed E-state index contributed by atoms with van der Waals surface area (Å²) in [6.07, 6.45) is 3.44. The molecular weight excluding hydrogens is 316 g/mol. The maximum absolute atomic E-state index is 12.9. The molecule has 6 nitrogen and oxygen atoms in total. The van der Waals surface area contributed by atoms with Gasteiger partial charge in [-0.05, 0) is 44.9 Å². The van der Waals surface area contributed by atoms with Crippen molar-refractivity contribution in [3.8, 4) is 11.8 Å². The molecule has 0 radical (unpaired) electrons. The standard InChI is InChI=1S/C19H22N4O2/c1-19(2,25)9-8-14-5-3-6-15(11-14)18(24)23-10-4-7-16(12-23)17-20-13-21-22-17/h3,5-6,11,13,16,25H,4,7,10,12H2,1-2H3,(H,20,21,22)/t16-/m1/s1. The van der Waals surface area contributed by atoms with Crippen molar-refractivity contribution in [1.82, 2.24) is 20.1 Å². The molecule has 1 saturated heterocycles. The van der Waals surface area contributed by atoms with Gasteiger partial charge in [0, 0.05) is 30.1 Å². The zero-order chi connectivity index (χ0) is 17.9. The van der Waals surface area contributed by atoms with E-state index in [1.54, 1.807) is 26.0 Å². The van der Waals surface area contributed by atoms with Crippen LogP contribution in [0.1, 0.15) is 54.4 Å². The molecular formula is C19H22N4O2. The van der Waals surface area contributed by atoms with Gasteiger partial charge in [-0.15, -0.1) is 0 Å². The summed E-state index contributed by atoms with van der Waals surface area (Å²) >= 11 is 0. The minimum atomic E-state index is -1.06. The third-order valence-electron chi connectivity index (χ3n) is 4.15. The number of aromatic nitrogens is 3. The van der Waals surface area contributed by atoms with Crippen molar-refractivity contribution in [2.24, 2.45) is 0 Å². The second-order valence-corrected chi connectivity index (χ2v) is 6.85.